The standard InChI is InChI=1S/C17H24O4/c1-3-7-12-13(18)10-17(15(20)21-16(12,17)2)14(19)11-8-5-4-6-9-11/h5,8,11-12,14,19H,3-4,6-7,9-10H2,1-2H3/t11-,12+,14-,16+,17-/m1/s1. The van der Waals surface area contributed by atoms with Gasteiger partial charge in [0.05, 0.1) is 12.0 Å². The molecule has 1 aliphatic heterocycles. The highest BCUT2D eigenvalue weighted by atomic mass is 16.6. The number of hydrogen-bond acceptors (Lipinski definition) is 4. The van der Waals surface area contributed by atoms with Gasteiger partial charge in [-0.2, -0.15) is 0 Å². The highest BCUT2D eigenvalue weighted by Crippen LogP contribution is 2.62. The normalized spacial score (nSPS) is 43.2. The fourth-order valence-corrected chi connectivity index (χ4v) is 4.58. The Morgan fingerprint density at radius 1 is 1.48 bits per heavy atom. The van der Waals surface area contributed by atoms with Crippen molar-refractivity contribution in [2.24, 2.45) is 17.3 Å². The van der Waals surface area contributed by atoms with Gasteiger partial charge in [-0.05, 0) is 32.6 Å². The Kier molecular flexibility index (Phi) is 3.47. The molecule has 4 nitrogen and oxygen atoms in total. The summed E-state index contributed by atoms with van der Waals surface area (Å²) in [5, 5.41) is 10.9. The maximum atomic E-state index is 12.4. The molecule has 0 aromatic rings. The zero-order valence-electron chi connectivity index (χ0n) is 12.8. The second kappa shape index (κ2) is 4.94. The lowest BCUT2D eigenvalue weighted by Gasteiger charge is -2.55. The van der Waals surface area contributed by atoms with E-state index in [0.717, 1.165) is 32.1 Å². The van der Waals surface area contributed by atoms with Gasteiger partial charge in [0, 0.05) is 12.3 Å². The minimum absolute atomic E-state index is 0.0425. The maximum Gasteiger partial charge on any atom is 0.319 e. The second-order valence-electron chi connectivity index (χ2n) is 6.92. The van der Waals surface area contributed by atoms with E-state index in [2.05, 4.69) is 6.08 Å². The number of ketones is 1. The largest absolute Gasteiger partial charge is 0.457 e. The zero-order valence-corrected chi connectivity index (χ0v) is 12.8. The van der Waals surface area contributed by atoms with Crippen molar-refractivity contribution >= 4 is 11.8 Å². The fraction of sp³-hybridized carbons (Fsp3) is 0.765. The highest BCUT2D eigenvalue weighted by Gasteiger charge is 2.78. The van der Waals surface area contributed by atoms with E-state index in [1.165, 1.54) is 0 Å². The number of esters is 1. The van der Waals surface area contributed by atoms with Crippen LogP contribution < -0.4 is 0 Å². The van der Waals surface area contributed by atoms with Crippen molar-refractivity contribution in [1.82, 2.24) is 0 Å². The van der Waals surface area contributed by atoms with Crippen LogP contribution in [-0.2, 0) is 14.3 Å². The van der Waals surface area contributed by atoms with Gasteiger partial charge in [-0.1, -0.05) is 25.5 Å². The lowest BCUT2D eigenvalue weighted by atomic mass is 9.60. The van der Waals surface area contributed by atoms with Crippen molar-refractivity contribution in [1.29, 1.82) is 0 Å². The van der Waals surface area contributed by atoms with Crippen LogP contribution in [0.2, 0.25) is 0 Å². The number of Topliss-reactive ketones (excluding diaryl/α,β-unsaturated/α-hetero) is 1. The minimum Gasteiger partial charge on any atom is -0.457 e. The monoisotopic (exact) mass is 292 g/mol. The summed E-state index contributed by atoms with van der Waals surface area (Å²) in [4.78, 5) is 24.7. The Labute approximate surface area is 125 Å². The molecule has 0 amide bonds. The molecule has 0 unspecified atom stereocenters. The number of aliphatic hydroxyl groups excluding tert-OH is 1. The van der Waals surface area contributed by atoms with E-state index >= 15 is 0 Å². The van der Waals surface area contributed by atoms with E-state index in [0.29, 0.717) is 0 Å². The van der Waals surface area contributed by atoms with Crippen molar-refractivity contribution in [3.05, 3.63) is 12.2 Å². The smallest absolute Gasteiger partial charge is 0.319 e. The number of rotatable bonds is 4. The summed E-state index contributed by atoms with van der Waals surface area (Å²) < 4.78 is 5.46. The third-order valence-corrected chi connectivity index (χ3v) is 5.84. The quantitative estimate of drug-likeness (QED) is 0.638. The van der Waals surface area contributed by atoms with E-state index < -0.39 is 17.1 Å². The number of carbonyl (C=O) groups is 2. The van der Waals surface area contributed by atoms with E-state index in [1.807, 2.05) is 19.9 Å². The third kappa shape index (κ3) is 1.78. The molecule has 2 fully saturated rings. The van der Waals surface area contributed by atoms with Crippen LogP contribution in [0.25, 0.3) is 0 Å². The Bertz CT molecular complexity index is 497. The molecular weight excluding hydrogens is 268 g/mol. The predicted octanol–water partition coefficient (Wildman–Crippen LogP) is 2.39. The molecule has 1 heterocycles. The molecule has 116 valence electrons. The average Bonchev–Trinajstić information content (AvgIpc) is 2.65. The van der Waals surface area contributed by atoms with Crippen LogP contribution in [-0.4, -0.2) is 28.6 Å². The van der Waals surface area contributed by atoms with Crippen LogP contribution in [0.4, 0.5) is 0 Å². The summed E-state index contributed by atoms with van der Waals surface area (Å²) >= 11 is 0. The molecule has 5 atom stereocenters. The van der Waals surface area contributed by atoms with Gasteiger partial charge in [-0.3, -0.25) is 9.59 Å². The molecule has 1 saturated heterocycles. The number of carbonyl (C=O) groups excluding carboxylic acids is 2. The molecule has 4 heteroatoms. The van der Waals surface area contributed by atoms with Gasteiger partial charge >= 0.3 is 5.97 Å². The molecule has 1 N–H and O–H groups in total. The van der Waals surface area contributed by atoms with Crippen molar-refractivity contribution in [3.63, 3.8) is 0 Å². The molecule has 0 bridgehead atoms. The summed E-state index contributed by atoms with van der Waals surface area (Å²) in [6.07, 6.45) is 7.90. The summed E-state index contributed by atoms with van der Waals surface area (Å²) in [6, 6.07) is 0. The number of allylic oxidation sites excluding steroid dienone is 1. The SMILES string of the molecule is CCC[C@H]1C(=O)C[C@@]2([C@H](O)[C@@H]3C=CCCC3)C(=O)O[C@@]12C. The molecule has 21 heavy (non-hydrogen) atoms. The van der Waals surface area contributed by atoms with Gasteiger partial charge in [0.25, 0.3) is 0 Å². The Morgan fingerprint density at radius 2 is 2.24 bits per heavy atom. The van der Waals surface area contributed by atoms with Crippen molar-refractivity contribution in [2.45, 2.75) is 64.1 Å². The van der Waals surface area contributed by atoms with Gasteiger partial charge in [-0.15, -0.1) is 0 Å². The molecule has 0 radical (unpaired) electrons. The molecule has 3 aliphatic rings. The van der Waals surface area contributed by atoms with Crippen molar-refractivity contribution in [2.75, 3.05) is 0 Å². The van der Waals surface area contributed by atoms with E-state index in [9.17, 15) is 14.7 Å². The molecule has 3 rings (SSSR count). The first kappa shape index (κ1) is 14.8. The number of hydrogen-bond donors (Lipinski definition) is 1. The third-order valence-electron chi connectivity index (χ3n) is 5.84. The summed E-state index contributed by atoms with van der Waals surface area (Å²) in [7, 11) is 0. The molecular formula is C17H24O4. The number of ether oxygens (including phenoxy) is 1. The van der Waals surface area contributed by atoms with Crippen LogP contribution in [0.15, 0.2) is 12.2 Å². The minimum atomic E-state index is -1.02. The van der Waals surface area contributed by atoms with Gasteiger partial charge in [0.2, 0.25) is 0 Å². The van der Waals surface area contributed by atoms with Crippen LogP contribution >= 0.6 is 0 Å². The van der Waals surface area contributed by atoms with Crippen LogP contribution in [0, 0.1) is 17.3 Å². The Morgan fingerprint density at radius 3 is 2.81 bits per heavy atom. The number of aliphatic hydroxyl groups is 1. The van der Waals surface area contributed by atoms with Gasteiger partial charge in [0.15, 0.2) is 0 Å². The summed E-state index contributed by atoms with van der Waals surface area (Å²) in [5.41, 5.74) is -1.84. The first-order valence-electron chi connectivity index (χ1n) is 8.08. The Balaban J connectivity index is 1.94. The van der Waals surface area contributed by atoms with Crippen LogP contribution in [0.3, 0.4) is 0 Å². The lowest BCUT2D eigenvalue weighted by molar-refractivity contribution is -0.263. The van der Waals surface area contributed by atoms with Crippen LogP contribution in [0.1, 0.15) is 52.4 Å². The molecule has 0 aromatic heterocycles. The first-order chi connectivity index (χ1) is 9.97. The summed E-state index contributed by atoms with van der Waals surface area (Å²) in [6.45, 7) is 3.87. The molecule has 0 aromatic carbocycles. The Hall–Kier alpha value is -1.16. The van der Waals surface area contributed by atoms with Crippen molar-refractivity contribution < 1.29 is 19.4 Å². The lowest BCUT2D eigenvalue weighted by Crippen LogP contribution is -2.70. The van der Waals surface area contributed by atoms with E-state index in [1.54, 1.807) is 0 Å². The second-order valence-corrected chi connectivity index (χ2v) is 6.92. The molecule has 2 aliphatic carbocycles. The molecule has 0 spiro atoms. The van der Waals surface area contributed by atoms with E-state index in [4.69, 9.17) is 4.74 Å². The fourth-order valence-electron chi connectivity index (χ4n) is 4.58. The highest BCUT2D eigenvalue weighted by molar-refractivity contribution is 6.00. The average molecular weight is 292 g/mol. The molecule has 1 saturated carbocycles. The van der Waals surface area contributed by atoms with Gasteiger partial charge < -0.3 is 9.84 Å². The zero-order chi connectivity index (χ0) is 15.3. The topological polar surface area (TPSA) is 63.6 Å². The maximum absolute atomic E-state index is 12.4. The van der Waals surface area contributed by atoms with Crippen molar-refractivity contribution in [3.8, 4) is 0 Å². The van der Waals surface area contributed by atoms with Gasteiger partial charge in [-0.25, -0.2) is 0 Å². The van der Waals surface area contributed by atoms with Crippen LogP contribution in [0.5, 0.6) is 0 Å². The number of fused-ring (bicyclic) bond motifs is 1. The first-order valence-corrected chi connectivity index (χ1v) is 8.08. The van der Waals surface area contributed by atoms with Gasteiger partial charge in [0.1, 0.15) is 16.8 Å². The summed E-state index contributed by atoms with van der Waals surface area (Å²) in [5.74, 6) is -0.617. The van der Waals surface area contributed by atoms with E-state index in [-0.39, 0.29) is 30.0 Å². The predicted molar refractivity (Wildman–Crippen MR) is 77.4 cm³/mol.